The molecule has 0 spiro atoms. The number of aromatic nitrogens is 4. The molecule has 1 aliphatic rings. The third-order valence-electron chi connectivity index (χ3n) is 7.17. The Hall–Kier alpha value is -5.50. The first-order valence-corrected chi connectivity index (χ1v) is 14.3. The smallest absolute Gasteiger partial charge is 0.303 e. The number of nitrogens with zero attached hydrogens (tertiary/aromatic N) is 5. The Labute approximate surface area is 263 Å². The number of carbonyl (C=O) groups excluding carboxylic acids is 5. The highest BCUT2D eigenvalue weighted by Gasteiger charge is 2.51. The molecule has 2 aromatic heterocycles. The second-order valence-electron chi connectivity index (χ2n) is 10.7. The number of anilines is 1. The summed E-state index contributed by atoms with van der Waals surface area (Å²) in [5, 5.41) is 0. The number of hydrogen-bond donors (Lipinski definition) is 0. The van der Waals surface area contributed by atoms with E-state index in [2.05, 4.69) is 15.0 Å². The lowest BCUT2D eigenvalue weighted by molar-refractivity contribution is -0.166. The summed E-state index contributed by atoms with van der Waals surface area (Å²) in [6.45, 7) is 7.01. The summed E-state index contributed by atoms with van der Waals surface area (Å²) >= 11 is 0. The highest BCUT2D eigenvalue weighted by atomic mass is 16.7. The van der Waals surface area contributed by atoms with Crippen molar-refractivity contribution in [3.05, 3.63) is 83.4 Å². The van der Waals surface area contributed by atoms with Gasteiger partial charge in [-0.25, -0.2) is 19.9 Å². The number of esters is 3. The summed E-state index contributed by atoms with van der Waals surface area (Å²) in [5.74, 6) is -3.37. The van der Waals surface area contributed by atoms with E-state index in [1.54, 1.807) is 48.5 Å². The molecule has 14 heteroatoms. The molecule has 4 atom stereocenters. The number of fused-ring (bicyclic) bond motifs is 1. The van der Waals surface area contributed by atoms with Crippen LogP contribution < -0.4 is 4.90 Å². The molecule has 2 aromatic carbocycles. The molecular formula is C32H31N5O9. The molecule has 0 bridgehead atoms. The van der Waals surface area contributed by atoms with E-state index in [9.17, 15) is 24.0 Å². The Kier molecular flexibility index (Phi) is 9.18. The highest BCUT2D eigenvalue weighted by Crippen LogP contribution is 2.37. The minimum absolute atomic E-state index is 0.0565. The zero-order valence-electron chi connectivity index (χ0n) is 25.7. The van der Waals surface area contributed by atoms with Gasteiger partial charge in [0.2, 0.25) is 0 Å². The predicted molar refractivity (Wildman–Crippen MR) is 160 cm³/mol. The number of imide groups is 1. The van der Waals surface area contributed by atoms with Gasteiger partial charge < -0.3 is 18.9 Å². The first kappa shape index (κ1) is 31.9. The van der Waals surface area contributed by atoms with Gasteiger partial charge in [-0.05, 0) is 38.1 Å². The number of amides is 2. The van der Waals surface area contributed by atoms with E-state index in [1.807, 2.05) is 13.8 Å². The largest absolute Gasteiger partial charge is 0.463 e. The Morgan fingerprint density at radius 1 is 0.761 bits per heavy atom. The molecule has 1 fully saturated rings. The minimum atomic E-state index is -1.21. The van der Waals surface area contributed by atoms with Gasteiger partial charge in [0.25, 0.3) is 11.8 Å². The van der Waals surface area contributed by atoms with Crippen LogP contribution in [0.4, 0.5) is 5.82 Å². The lowest BCUT2D eigenvalue weighted by Gasteiger charge is -2.24. The van der Waals surface area contributed by atoms with E-state index in [4.69, 9.17) is 18.9 Å². The average molecular weight is 630 g/mol. The monoisotopic (exact) mass is 629 g/mol. The van der Waals surface area contributed by atoms with Gasteiger partial charge in [0.05, 0.1) is 6.33 Å². The van der Waals surface area contributed by atoms with Crippen molar-refractivity contribution in [2.24, 2.45) is 0 Å². The molecule has 46 heavy (non-hydrogen) atoms. The summed E-state index contributed by atoms with van der Waals surface area (Å²) in [4.78, 5) is 77.7. The van der Waals surface area contributed by atoms with Gasteiger partial charge in [-0.15, -0.1) is 0 Å². The SMILES string of the molecule is CC(=O)OC[C@H]1O[C@@H](n2cnc3c(N(C(=O)c4ccc(C)cc4)C(=O)c4ccc(C)cc4)ncnc32)[C@H](OC(C)=O)[C@@H]1OC(C)=O. The number of hydrogen-bond acceptors (Lipinski definition) is 12. The minimum Gasteiger partial charge on any atom is -0.463 e. The van der Waals surface area contributed by atoms with Crippen molar-refractivity contribution >= 4 is 46.7 Å². The maximum atomic E-state index is 14.0. The predicted octanol–water partition coefficient (Wildman–Crippen LogP) is 3.25. The molecule has 0 unspecified atom stereocenters. The first-order chi connectivity index (χ1) is 21.9. The second-order valence-corrected chi connectivity index (χ2v) is 10.7. The van der Waals surface area contributed by atoms with Crippen molar-refractivity contribution in [1.29, 1.82) is 0 Å². The third-order valence-corrected chi connectivity index (χ3v) is 7.17. The number of aryl methyl sites for hydroxylation is 2. The molecule has 5 rings (SSSR count). The van der Waals surface area contributed by atoms with E-state index >= 15 is 0 Å². The molecule has 1 saturated heterocycles. The van der Waals surface area contributed by atoms with Gasteiger partial charge in [0.1, 0.15) is 19.0 Å². The maximum Gasteiger partial charge on any atom is 0.303 e. The van der Waals surface area contributed by atoms with Crippen LogP contribution in [0.1, 0.15) is 58.8 Å². The molecule has 3 heterocycles. The Morgan fingerprint density at radius 2 is 1.30 bits per heavy atom. The van der Waals surface area contributed by atoms with Crippen molar-refractivity contribution < 1.29 is 42.9 Å². The highest BCUT2D eigenvalue weighted by molar-refractivity contribution is 6.27. The van der Waals surface area contributed by atoms with Crippen LogP contribution in [0.15, 0.2) is 61.2 Å². The lowest BCUT2D eigenvalue weighted by atomic mass is 10.1. The van der Waals surface area contributed by atoms with Gasteiger partial charge in [-0.1, -0.05) is 35.4 Å². The average Bonchev–Trinajstić information content (AvgIpc) is 3.58. The zero-order valence-corrected chi connectivity index (χ0v) is 25.7. The van der Waals surface area contributed by atoms with Crippen LogP contribution in [0.5, 0.6) is 0 Å². The fourth-order valence-electron chi connectivity index (χ4n) is 5.04. The van der Waals surface area contributed by atoms with Crippen molar-refractivity contribution in [2.45, 2.75) is 59.2 Å². The molecular weight excluding hydrogens is 598 g/mol. The van der Waals surface area contributed by atoms with Crippen molar-refractivity contribution in [1.82, 2.24) is 19.5 Å². The Balaban J connectivity index is 1.61. The van der Waals surface area contributed by atoms with Crippen molar-refractivity contribution in [2.75, 3.05) is 11.5 Å². The standard InChI is InChI=1S/C32H31N5O9/c1-17-6-10-22(11-7-17)30(41)37(31(42)23-12-8-18(2)9-13-23)29-25-28(33-15-34-29)36(16-35-25)32-27(45-21(5)40)26(44-20(4)39)24(46-32)14-43-19(3)38/h6-13,15-16,24,26-27,32H,14H2,1-5H3/t24-,26-,27-,32-/m1/s1. The summed E-state index contributed by atoms with van der Waals surface area (Å²) in [5.41, 5.74) is 2.50. The van der Waals surface area contributed by atoms with Crippen LogP contribution in [0.2, 0.25) is 0 Å². The summed E-state index contributed by atoms with van der Waals surface area (Å²) in [7, 11) is 0. The summed E-state index contributed by atoms with van der Waals surface area (Å²) < 4.78 is 23.7. The zero-order chi connectivity index (χ0) is 33.1. The van der Waals surface area contributed by atoms with Crippen molar-refractivity contribution in [3.8, 4) is 0 Å². The number of benzene rings is 2. The molecule has 0 aliphatic carbocycles. The van der Waals surface area contributed by atoms with E-state index in [0.717, 1.165) is 22.4 Å². The topological polar surface area (TPSA) is 169 Å². The fourth-order valence-corrected chi connectivity index (χ4v) is 5.04. The molecule has 14 nitrogen and oxygen atoms in total. The van der Waals surface area contributed by atoms with E-state index in [-0.39, 0.29) is 34.7 Å². The molecule has 0 N–H and O–H groups in total. The number of rotatable bonds is 8. The maximum absolute atomic E-state index is 14.0. The van der Waals surface area contributed by atoms with E-state index in [1.165, 1.54) is 31.7 Å². The number of carbonyl (C=O) groups is 5. The van der Waals surface area contributed by atoms with Crippen molar-refractivity contribution in [3.63, 3.8) is 0 Å². The summed E-state index contributed by atoms with van der Waals surface area (Å²) in [6.07, 6.45) is -2.10. The van der Waals surface area contributed by atoms with Gasteiger partial charge in [-0.2, -0.15) is 0 Å². The third kappa shape index (κ3) is 6.61. The number of ether oxygens (including phenoxy) is 4. The molecule has 0 radical (unpaired) electrons. The van der Waals surface area contributed by atoms with Crippen LogP contribution in [0.3, 0.4) is 0 Å². The molecule has 238 valence electrons. The van der Waals surface area contributed by atoms with Crippen LogP contribution in [0, 0.1) is 13.8 Å². The van der Waals surface area contributed by atoms with Crippen LogP contribution in [-0.4, -0.2) is 74.2 Å². The second kappa shape index (κ2) is 13.2. The van der Waals surface area contributed by atoms with Crippen LogP contribution in [-0.2, 0) is 33.3 Å². The normalized spacial score (nSPS) is 19.0. The Bertz CT molecular complexity index is 1750. The summed E-state index contributed by atoms with van der Waals surface area (Å²) in [6, 6.07) is 13.5. The number of imidazole rings is 1. The quantitative estimate of drug-likeness (QED) is 0.159. The van der Waals surface area contributed by atoms with E-state index in [0.29, 0.717) is 0 Å². The molecule has 2 amide bonds. The van der Waals surface area contributed by atoms with Crippen LogP contribution in [0.25, 0.3) is 11.2 Å². The first-order valence-electron chi connectivity index (χ1n) is 14.3. The van der Waals surface area contributed by atoms with E-state index < -0.39 is 54.3 Å². The van der Waals surface area contributed by atoms with Gasteiger partial charge >= 0.3 is 17.9 Å². The molecule has 4 aromatic rings. The Morgan fingerprint density at radius 3 is 1.83 bits per heavy atom. The van der Waals surface area contributed by atoms with Crippen LogP contribution >= 0.6 is 0 Å². The van der Waals surface area contributed by atoms with Gasteiger partial charge in [0, 0.05) is 31.9 Å². The van der Waals surface area contributed by atoms with Gasteiger partial charge in [0.15, 0.2) is 35.4 Å². The van der Waals surface area contributed by atoms with Gasteiger partial charge in [-0.3, -0.25) is 28.5 Å². The molecule has 0 saturated carbocycles. The lowest BCUT2D eigenvalue weighted by Crippen LogP contribution is -2.40. The fraction of sp³-hybridized carbons (Fsp3) is 0.312. The molecule has 1 aliphatic heterocycles.